The van der Waals surface area contributed by atoms with Gasteiger partial charge in [-0.05, 0) is 12.8 Å². The van der Waals surface area contributed by atoms with Crippen molar-refractivity contribution in [1.82, 2.24) is 19.9 Å². The molecular formula is C16H22N4OS. The summed E-state index contributed by atoms with van der Waals surface area (Å²) in [4.78, 5) is 20.7. The van der Waals surface area contributed by atoms with Gasteiger partial charge in [-0.25, -0.2) is 9.97 Å². The fourth-order valence-electron chi connectivity index (χ4n) is 2.93. The van der Waals surface area contributed by atoms with Gasteiger partial charge in [-0.1, -0.05) is 19.3 Å². The van der Waals surface area contributed by atoms with Crippen molar-refractivity contribution < 1.29 is 4.79 Å². The molecule has 118 valence electrons. The van der Waals surface area contributed by atoms with Crippen molar-refractivity contribution in [1.29, 1.82) is 0 Å². The summed E-state index contributed by atoms with van der Waals surface area (Å²) in [7, 11) is 1.85. The molecule has 0 saturated heterocycles. The number of amides is 1. The predicted molar refractivity (Wildman–Crippen MR) is 87.2 cm³/mol. The minimum absolute atomic E-state index is 0.121. The van der Waals surface area contributed by atoms with Crippen LogP contribution in [0.25, 0.3) is 0 Å². The summed E-state index contributed by atoms with van der Waals surface area (Å²) in [6, 6.07) is 0. The number of thiazole rings is 1. The van der Waals surface area contributed by atoms with E-state index in [-0.39, 0.29) is 5.91 Å². The van der Waals surface area contributed by atoms with E-state index < -0.39 is 0 Å². The Hall–Kier alpha value is -1.69. The van der Waals surface area contributed by atoms with Crippen molar-refractivity contribution in [2.75, 3.05) is 6.54 Å². The molecule has 1 saturated carbocycles. The number of aryl methyl sites for hydroxylation is 1. The summed E-state index contributed by atoms with van der Waals surface area (Å²) < 4.78 is 1.77. The summed E-state index contributed by atoms with van der Waals surface area (Å²) in [5.41, 5.74) is 1.72. The lowest BCUT2D eigenvalue weighted by Gasteiger charge is -2.19. The molecular weight excluding hydrogens is 296 g/mol. The first-order chi connectivity index (χ1) is 10.7. The number of hydrogen-bond donors (Lipinski definition) is 1. The van der Waals surface area contributed by atoms with Gasteiger partial charge in [0.15, 0.2) is 0 Å². The molecule has 0 aliphatic heterocycles. The quantitative estimate of drug-likeness (QED) is 0.922. The Labute approximate surface area is 134 Å². The lowest BCUT2D eigenvalue weighted by Crippen LogP contribution is -2.26. The van der Waals surface area contributed by atoms with Crippen molar-refractivity contribution >= 4 is 17.2 Å². The highest BCUT2D eigenvalue weighted by Crippen LogP contribution is 2.33. The van der Waals surface area contributed by atoms with Crippen LogP contribution in [0, 0.1) is 0 Å². The molecule has 0 radical (unpaired) electrons. The summed E-state index contributed by atoms with van der Waals surface area (Å²) in [5, 5.41) is 6.21. The second-order valence-corrected chi connectivity index (χ2v) is 6.87. The van der Waals surface area contributed by atoms with E-state index in [4.69, 9.17) is 4.98 Å². The second kappa shape index (κ2) is 7.05. The number of carbonyl (C=O) groups excluding carboxylic acids is 1. The predicted octanol–water partition coefficient (Wildman–Crippen LogP) is 2.90. The standard InChI is InChI=1S/C16H22N4OS/c1-20-9-13(18-11-20)16(21)17-8-7-15-19-14(10-22-15)12-5-3-2-4-6-12/h9-12H,2-8H2,1H3,(H,17,21). The average molecular weight is 318 g/mol. The molecule has 22 heavy (non-hydrogen) atoms. The van der Waals surface area contributed by atoms with Gasteiger partial charge in [0.1, 0.15) is 5.69 Å². The molecule has 1 amide bonds. The molecule has 0 bridgehead atoms. The molecule has 6 heteroatoms. The highest BCUT2D eigenvalue weighted by atomic mass is 32.1. The normalized spacial score (nSPS) is 15.9. The van der Waals surface area contributed by atoms with E-state index in [0.29, 0.717) is 18.2 Å². The highest BCUT2D eigenvalue weighted by Gasteiger charge is 2.18. The molecule has 1 N–H and O–H groups in total. The van der Waals surface area contributed by atoms with Gasteiger partial charge in [-0.2, -0.15) is 0 Å². The summed E-state index contributed by atoms with van der Waals surface area (Å²) in [5.74, 6) is 0.534. The number of hydrogen-bond acceptors (Lipinski definition) is 4. The second-order valence-electron chi connectivity index (χ2n) is 5.93. The van der Waals surface area contributed by atoms with E-state index in [9.17, 15) is 4.79 Å². The summed E-state index contributed by atoms with van der Waals surface area (Å²) in [6.45, 7) is 0.604. The minimum Gasteiger partial charge on any atom is -0.350 e. The van der Waals surface area contributed by atoms with Crippen molar-refractivity contribution in [3.63, 3.8) is 0 Å². The molecule has 0 aromatic carbocycles. The van der Waals surface area contributed by atoms with Gasteiger partial charge in [0, 0.05) is 37.5 Å². The molecule has 2 aromatic heterocycles. The van der Waals surface area contributed by atoms with Gasteiger partial charge in [0.2, 0.25) is 0 Å². The smallest absolute Gasteiger partial charge is 0.271 e. The highest BCUT2D eigenvalue weighted by molar-refractivity contribution is 7.09. The van der Waals surface area contributed by atoms with E-state index in [1.165, 1.54) is 37.8 Å². The van der Waals surface area contributed by atoms with Gasteiger partial charge in [-0.15, -0.1) is 11.3 Å². The van der Waals surface area contributed by atoms with E-state index in [1.54, 1.807) is 28.4 Å². The molecule has 2 aromatic rings. The monoisotopic (exact) mass is 318 g/mol. The average Bonchev–Trinajstić information content (AvgIpc) is 3.17. The third-order valence-corrected chi connectivity index (χ3v) is 5.08. The van der Waals surface area contributed by atoms with E-state index >= 15 is 0 Å². The minimum atomic E-state index is -0.121. The topological polar surface area (TPSA) is 59.8 Å². The van der Waals surface area contributed by atoms with Crippen LogP contribution < -0.4 is 5.32 Å². The van der Waals surface area contributed by atoms with E-state index in [0.717, 1.165) is 11.4 Å². The van der Waals surface area contributed by atoms with Gasteiger partial charge in [0.25, 0.3) is 5.91 Å². The van der Waals surface area contributed by atoms with Crippen LogP contribution in [-0.2, 0) is 13.5 Å². The largest absolute Gasteiger partial charge is 0.350 e. The Morgan fingerprint density at radius 2 is 2.23 bits per heavy atom. The molecule has 0 atom stereocenters. The van der Waals surface area contributed by atoms with Crippen LogP contribution in [0.15, 0.2) is 17.9 Å². The first-order valence-corrected chi connectivity index (χ1v) is 8.81. The maximum Gasteiger partial charge on any atom is 0.271 e. The number of nitrogens with zero attached hydrogens (tertiary/aromatic N) is 3. The molecule has 0 unspecified atom stereocenters. The molecule has 0 spiro atoms. The fraction of sp³-hybridized carbons (Fsp3) is 0.562. The van der Waals surface area contributed by atoms with Crippen molar-refractivity contribution in [3.05, 3.63) is 34.3 Å². The van der Waals surface area contributed by atoms with Crippen LogP contribution in [0.2, 0.25) is 0 Å². The fourth-order valence-corrected chi connectivity index (χ4v) is 3.81. The number of carbonyl (C=O) groups is 1. The summed E-state index contributed by atoms with van der Waals surface area (Å²) >= 11 is 1.71. The van der Waals surface area contributed by atoms with Crippen LogP contribution in [0.3, 0.4) is 0 Å². The van der Waals surface area contributed by atoms with Crippen LogP contribution in [0.4, 0.5) is 0 Å². The third kappa shape index (κ3) is 3.74. The Balaban J connectivity index is 1.47. The maximum absolute atomic E-state index is 11.9. The Morgan fingerprint density at radius 3 is 2.95 bits per heavy atom. The zero-order valence-corrected chi connectivity index (χ0v) is 13.7. The molecule has 1 aliphatic rings. The maximum atomic E-state index is 11.9. The van der Waals surface area contributed by atoms with Crippen molar-refractivity contribution in [3.8, 4) is 0 Å². The van der Waals surface area contributed by atoms with E-state index in [1.807, 2.05) is 7.05 Å². The van der Waals surface area contributed by atoms with Crippen LogP contribution in [0.1, 0.15) is 59.2 Å². The van der Waals surface area contributed by atoms with Crippen molar-refractivity contribution in [2.45, 2.75) is 44.4 Å². The lowest BCUT2D eigenvalue weighted by atomic mass is 9.87. The number of aromatic nitrogens is 3. The molecule has 1 fully saturated rings. The lowest BCUT2D eigenvalue weighted by molar-refractivity contribution is 0.0949. The molecule has 5 nitrogen and oxygen atoms in total. The third-order valence-electron chi connectivity index (χ3n) is 4.15. The van der Waals surface area contributed by atoms with Gasteiger partial charge in [-0.3, -0.25) is 4.79 Å². The van der Waals surface area contributed by atoms with E-state index in [2.05, 4.69) is 15.7 Å². The zero-order chi connectivity index (χ0) is 15.4. The van der Waals surface area contributed by atoms with Crippen LogP contribution in [-0.4, -0.2) is 27.0 Å². The van der Waals surface area contributed by atoms with Crippen LogP contribution in [0.5, 0.6) is 0 Å². The first kappa shape index (κ1) is 15.2. The zero-order valence-electron chi connectivity index (χ0n) is 12.9. The van der Waals surface area contributed by atoms with Crippen molar-refractivity contribution in [2.24, 2.45) is 7.05 Å². The number of rotatable bonds is 5. The van der Waals surface area contributed by atoms with Gasteiger partial charge < -0.3 is 9.88 Å². The summed E-state index contributed by atoms with van der Waals surface area (Å²) in [6.07, 6.45) is 10.7. The van der Waals surface area contributed by atoms with Gasteiger partial charge >= 0.3 is 0 Å². The molecule has 2 heterocycles. The number of nitrogens with one attached hydrogen (secondary N) is 1. The molecule has 3 rings (SSSR count). The SMILES string of the molecule is Cn1cnc(C(=O)NCCc2nc(C3CCCCC3)cs2)c1. The first-order valence-electron chi connectivity index (χ1n) is 7.93. The van der Waals surface area contributed by atoms with Crippen LogP contribution >= 0.6 is 11.3 Å². The molecule has 1 aliphatic carbocycles. The number of imidazole rings is 1. The Bertz CT molecular complexity index is 628. The Morgan fingerprint density at radius 1 is 1.41 bits per heavy atom. The Kier molecular flexibility index (Phi) is 4.87. The van der Waals surface area contributed by atoms with Gasteiger partial charge in [0.05, 0.1) is 17.0 Å².